The summed E-state index contributed by atoms with van der Waals surface area (Å²) in [6, 6.07) is 18.0. The van der Waals surface area contributed by atoms with Crippen LogP contribution in [0.1, 0.15) is 40.9 Å². The monoisotopic (exact) mass is 425 g/mol. The van der Waals surface area contributed by atoms with Gasteiger partial charge in [-0.25, -0.2) is 4.98 Å². The molecule has 1 aliphatic rings. The molecule has 2 aromatic carbocycles. The lowest BCUT2D eigenvalue weighted by atomic mass is 10.1. The van der Waals surface area contributed by atoms with Crippen molar-refractivity contribution in [2.45, 2.75) is 19.3 Å². The number of nitrogens with one attached hydrogen (secondary N) is 1. The van der Waals surface area contributed by atoms with Gasteiger partial charge in [-0.1, -0.05) is 12.0 Å². The SMILES string of the molecule is COc1cc(C#Cc2ccccn2)cc(NC(=O)c2ccc(N3CCCCC3=O)cc2)c1. The fourth-order valence-electron chi connectivity index (χ4n) is 3.51. The second-order valence-electron chi connectivity index (χ2n) is 7.42. The normalized spacial score (nSPS) is 13.2. The molecular formula is C26H23N3O3. The summed E-state index contributed by atoms with van der Waals surface area (Å²) in [7, 11) is 1.57. The molecule has 4 rings (SSSR count). The summed E-state index contributed by atoms with van der Waals surface area (Å²) >= 11 is 0. The van der Waals surface area contributed by atoms with Gasteiger partial charge in [-0.2, -0.15) is 0 Å². The van der Waals surface area contributed by atoms with Gasteiger partial charge >= 0.3 is 0 Å². The van der Waals surface area contributed by atoms with E-state index in [0.717, 1.165) is 25.1 Å². The van der Waals surface area contributed by atoms with Crippen LogP contribution in [0.25, 0.3) is 0 Å². The Bertz CT molecular complexity index is 1180. The molecular weight excluding hydrogens is 402 g/mol. The molecule has 1 saturated heterocycles. The Balaban J connectivity index is 1.50. The van der Waals surface area contributed by atoms with Crippen molar-refractivity contribution in [1.82, 2.24) is 4.98 Å². The predicted octanol–water partition coefficient (Wildman–Crippen LogP) is 4.26. The maximum absolute atomic E-state index is 12.8. The molecule has 160 valence electrons. The minimum Gasteiger partial charge on any atom is -0.497 e. The lowest BCUT2D eigenvalue weighted by Gasteiger charge is -2.26. The van der Waals surface area contributed by atoms with Crippen LogP contribution in [0.3, 0.4) is 0 Å². The zero-order valence-electron chi connectivity index (χ0n) is 17.8. The number of carbonyl (C=O) groups excluding carboxylic acids is 2. The highest BCUT2D eigenvalue weighted by Gasteiger charge is 2.19. The predicted molar refractivity (Wildman–Crippen MR) is 124 cm³/mol. The molecule has 2 heterocycles. The number of anilines is 2. The minimum atomic E-state index is -0.251. The van der Waals surface area contributed by atoms with Gasteiger partial charge in [0, 0.05) is 47.7 Å². The second-order valence-corrected chi connectivity index (χ2v) is 7.42. The van der Waals surface area contributed by atoms with E-state index in [0.29, 0.717) is 34.7 Å². The van der Waals surface area contributed by atoms with Gasteiger partial charge in [0.15, 0.2) is 0 Å². The van der Waals surface area contributed by atoms with E-state index in [9.17, 15) is 9.59 Å². The average molecular weight is 425 g/mol. The van der Waals surface area contributed by atoms with Crippen LogP contribution in [0.4, 0.5) is 11.4 Å². The molecule has 0 spiro atoms. The topological polar surface area (TPSA) is 71.5 Å². The summed E-state index contributed by atoms with van der Waals surface area (Å²) < 4.78 is 5.36. The van der Waals surface area contributed by atoms with Crippen LogP contribution in [0.5, 0.6) is 5.75 Å². The summed E-state index contributed by atoms with van der Waals surface area (Å²) in [6.07, 6.45) is 4.19. The zero-order valence-corrected chi connectivity index (χ0v) is 17.8. The first kappa shape index (κ1) is 21.1. The average Bonchev–Trinajstić information content (AvgIpc) is 2.83. The van der Waals surface area contributed by atoms with Gasteiger partial charge in [-0.3, -0.25) is 9.59 Å². The molecule has 1 fully saturated rings. The Hall–Kier alpha value is -4.11. The number of piperidine rings is 1. The van der Waals surface area contributed by atoms with Crippen molar-refractivity contribution < 1.29 is 14.3 Å². The summed E-state index contributed by atoms with van der Waals surface area (Å²) in [5.41, 5.74) is 3.26. The highest BCUT2D eigenvalue weighted by Crippen LogP contribution is 2.23. The number of benzene rings is 2. The Morgan fingerprint density at radius 3 is 2.62 bits per heavy atom. The molecule has 6 heteroatoms. The number of aromatic nitrogens is 1. The summed E-state index contributed by atoms with van der Waals surface area (Å²) in [5, 5.41) is 2.90. The Morgan fingerprint density at radius 2 is 1.91 bits per heavy atom. The minimum absolute atomic E-state index is 0.129. The first-order valence-corrected chi connectivity index (χ1v) is 10.5. The highest BCUT2D eigenvalue weighted by molar-refractivity contribution is 6.05. The number of methoxy groups -OCH3 is 1. The fourth-order valence-corrected chi connectivity index (χ4v) is 3.51. The number of pyridine rings is 1. The second kappa shape index (κ2) is 9.80. The van der Waals surface area contributed by atoms with Crippen LogP contribution < -0.4 is 15.0 Å². The van der Waals surface area contributed by atoms with Gasteiger partial charge in [0.2, 0.25) is 5.91 Å². The van der Waals surface area contributed by atoms with Crippen molar-refractivity contribution in [1.29, 1.82) is 0 Å². The van der Waals surface area contributed by atoms with Gasteiger partial charge in [0.25, 0.3) is 5.91 Å². The zero-order chi connectivity index (χ0) is 22.3. The van der Waals surface area contributed by atoms with Crippen molar-refractivity contribution >= 4 is 23.2 Å². The van der Waals surface area contributed by atoms with Gasteiger partial charge in [-0.15, -0.1) is 0 Å². The molecule has 0 aliphatic carbocycles. The van der Waals surface area contributed by atoms with Crippen molar-refractivity contribution in [2.75, 3.05) is 23.9 Å². The van der Waals surface area contributed by atoms with Crippen molar-refractivity contribution in [3.8, 4) is 17.6 Å². The van der Waals surface area contributed by atoms with Crippen molar-refractivity contribution in [2.24, 2.45) is 0 Å². The number of carbonyl (C=O) groups is 2. The molecule has 3 aromatic rings. The number of amides is 2. The largest absolute Gasteiger partial charge is 0.497 e. The smallest absolute Gasteiger partial charge is 0.255 e. The van der Waals surface area contributed by atoms with Crippen LogP contribution in [0.15, 0.2) is 66.9 Å². The van der Waals surface area contributed by atoms with Crippen molar-refractivity contribution in [3.63, 3.8) is 0 Å². The molecule has 0 radical (unpaired) electrons. The third-order valence-electron chi connectivity index (χ3n) is 5.16. The first-order valence-electron chi connectivity index (χ1n) is 10.5. The molecule has 32 heavy (non-hydrogen) atoms. The fraction of sp³-hybridized carbons (Fsp3) is 0.192. The van der Waals surface area contributed by atoms with Crippen LogP contribution in [0.2, 0.25) is 0 Å². The van der Waals surface area contributed by atoms with Crippen LogP contribution in [-0.4, -0.2) is 30.5 Å². The third kappa shape index (κ3) is 5.13. The molecule has 2 amide bonds. The van der Waals surface area contributed by atoms with E-state index in [1.54, 1.807) is 48.5 Å². The highest BCUT2D eigenvalue weighted by atomic mass is 16.5. The molecule has 0 atom stereocenters. The van der Waals surface area contributed by atoms with Gasteiger partial charge in [-0.05, 0) is 67.3 Å². The van der Waals surface area contributed by atoms with Gasteiger partial charge < -0.3 is 15.0 Å². The number of hydrogen-bond donors (Lipinski definition) is 1. The van der Waals surface area contributed by atoms with Crippen LogP contribution in [0, 0.1) is 11.8 Å². The quantitative estimate of drug-likeness (QED) is 0.634. The number of ether oxygens (including phenoxy) is 1. The molecule has 1 N–H and O–H groups in total. The van der Waals surface area contributed by atoms with E-state index in [1.807, 2.05) is 30.3 Å². The van der Waals surface area contributed by atoms with E-state index >= 15 is 0 Å². The molecule has 6 nitrogen and oxygen atoms in total. The lowest BCUT2D eigenvalue weighted by Crippen LogP contribution is -2.35. The third-order valence-corrected chi connectivity index (χ3v) is 5.16. The van der Waals surface area contributed by atoms with E-state index in [4.69, 9.17) is 4.74 Å². The molecule has 1 aliphatic heterocycles. The summed E-state index contributed by atoms with van der Waals surface area (Å²) in [6.45, 7) is 0.719. The van der Waals surface area contributed by atoms with E-state index < -0.39 is 0 Å². The summed E-state index contributed by atoms with van der Waals surface area (Å²) in [4.78, 5) is 30.9. The van der Waals surface area contributed by atoms with Crippen molar-refractivity contribution in [3.05, 3.63) is 83.7 Å². The number of rotatable bonds is 4. The first-order chi connectivity index (χ1) is 15.6. The molecule has 0 saturated carbocycles. The van der Waals surface area contributed by atoms with E-state index in [-0.39, 0.29) is 11.8 Å². The maximum Gasteiger partial charge on any atom is 0.255 e. The van der Waals surface area contributed by atoms with Gasteiger partial charge in [0.1, 0.15) is 11.4 Å². The maximum atomic E-state index is 12.8. The summed E-state index contributed by atoms with van der Waals surface area (Å²) in [5.74, 6) is 6.53. The molecule has 0 unspecified atom stereocenters. The van der Waals surface area contributed by atoms with Crippen LogP contribution in [-0.2, 0) is 4.79 Å². The Morgan fingerprint density at radius 1 is 1.06 bits per heavy atom. The van der Waals surface area contributed by atoms with Gasteiger partial charge in [0.05, 0.1) is 7.11 Å². The van der Waals surface area contributed by atoms with E-state index in [2.05, 4.69) is 22.1 Å². The Kier molecular flexibility index (Phi) is 6.47. The molecule has 0 bridgehead atoms. The Labute approximate surface area is 187 Å². The lowest BCUT2D eigenvalue weighted by molar-refractivity contribution is -0.119. The number of hydrogen-bond acceptors (Lipinski definition) is 4. The molecule has 1 aromatic heterocycles. The van der Waals surface area contributed by atoms with E-state index in [1.165, 1.54) is 0 Å². The van der Waals surface area contributed by atoms with Crippen LogP contribution >= 0.6 is 0 Å². The standard InChI is InChI=1S/C26H23N3O3/c1-32-24-17-19(8-11-21-6-2-4-14-27-21)16-22(18-24)28-26(31)20-9-12-23(13-10-20)29-15-5-3-7-25(29)30/h2,4,6,9-10,12-14,16-18H,3,5,7,15H2,1H3,(H,28,31). The number of nitrogens with zero attached hydrogens (tertiary/aromatic N) is 2.